The fraction of sp³-hybridized carbons (Fsp3) is 0.769. The van der Waals surface area contributed by atoms with Crippen LogP contribution in [0.1, 0.15) is 39.9 Å². The number of hydrogen-bond donors (Lipinski definition) is 1. The lowest BCUT2D eigenvalue weighted by Gasteiger charge is -2.39. The Morgan fingerprint density at radius 1 is 1.42 bits per heavy atom. The van der Waals surface area contributed by atoms with Crippen molar-refractivity contribution in [1.82, 2.24) is 14.3 Å². The molecular weight excluding hydrogens is 262 g/mol. The lowest BCUT2D eigenvalue weighted by atomic mass is 9.88. The quantitative estimate of drug-likeness (QED) is 0.924. The van der Waals surface area contributed by atoms with Gasteiger partial charge in [0.15, 0.2) is 5.03 Å². The molecule has 1 aromatic heterocycles. The van der Waals surface area contributed by atoms with Crippen LogP contribution in [0, 0.1) is 11.8 Å². The number of aromatic nitrogens is 2. The summed E-state index contributed by atoms with van der Waals surface area (Å²) >= 11 is 0. The highest BCUT2D eigenvalue weighted by Crippen LogP contribution is 2.31. The highest BCUT2D eigenvalue weighted by molar-refractivity contribution is 7.89. The van der Waals surface area contributed by atoms with E-state index in [0.29, 0.717) is 30.6 Å². The number of imidazole rings is 1. The van der Waals surface area contributed by atoms with Crippen LogP contribution in [0.25, 0.3) is 0 Å². The molecule has 5 nitrogen and oxygen atoms in total. The summed E-state index contributed by atoms with van der Waals surface area (Å²) in [5.74, 6) is 1.49. The molecule has 3 unspecified atom stereocenters. The summed E-state index contributed by atoms with van der Waals surface area (Å²) in [5, 5.41) is 0.220. The fourth-order valence-electron chi connectivity index (χ4n) is 2.76. The Balaban J connectivity index is 2.32. The summed E-state index contributed by atoms with van der Waals surface area (Å²) in [5.41, 5.74) is 0. The predicted octanol–water partition coefficient (Wildman–Crippen LogP) is 2.03. The van der Waals surface area contributed by atoms with Gasteiger partial charge in [-0.25, -0.2) is 13.4 Å². The van der Waals surface area contributed by atoms with Crippen LogP contribution < -0.4 is 0 Å². The van der Waals surface area contributed by atoms with Crippen molar-refractivity contribution < 1.29 is 8.42 Å². The smallest absolute Gasteiger partial charge is 0.260 e. The minimum absolute atomic E-state index is 0.0366. The van der Waals surface area contributed by atoms with Crippen molar-refractivity contribution >= 4 is 10.0 Å². The predicted molar refractivity (Wildman–Crippen MR) is 74.3 cm³/mol. The molecule has 1 saturated heterocycles. The number of nitrogens with zero attached hydrogens (tertiary/aromatic N) is 2. The van der Waals surface area contributed by atoms with Crippen LogP contribution in [0.15, 0.2) is 11.2 Å². The summed E-state index contributed by atoms with van der Waals surface area (Å²) in [6, 6.07) is 0.0366. The maximum atomic E-state index is 12.7. The zero-order chi connectivity index (χ0) is 14.2. The van der Waals surface area contributed by atoms with Crippen LogP contribution in [0.2, 0.25) is 0 Å². The maximum absolute atomic E-state index is 12.7. The maximum Gasteiger partial charge on any atom is 0.260 e. The molecule has 1 aliphatic heterocycles. The first-order valence-electron chi connectivity index (χ1n) is 6.92. The Morgan fingerprint density at radius 3 is 2.68 bits per heavy atom. The second kappa shape index (κ2) is 5.25. The number of nitrogens with one attached hydrogen (secondary N) is 1. The average molecular weight is 285 g/mol. The monoisotopic (exact) mass is 285 g/mol. The van der Waals surface area contributed by atoms with Gasteiger partial charge in [-0.15, -0.1) is 0 Å². The largest absolute Gasteiger partial charge is 0.332 e. The zero-order valence-electron chi connectivity index (χ0n) is 12.0. The molecule has 2 rings (SSSR count). The Labute approximate surface area is 115 Å². The molecule has 1 N–H and O–H groups in total. The molecule has 0 amide bonds. The molecule has 3 atom stereocenters. The Kier molecular flexibility index (Phi) is 4.01. The molecule has 1 aliphatic rings. The van der Waals surface area contributed by atoms with Crippen molar-refractivity contribution in [1.29, 1.82) is 0 Å². The van der Waals surface area contributed by atoms with Crippen molar-refractivity contribution in [3.8, 4) is 0 Å². The van der Waals surface area contributed by atoms with Gasteiger partial charge in [0, 0.05) is 19.0 Å². The Bertz CT molecular complexity index is 538. The number of rotatable bonds is 3. The van der Waals surface area contributed by atoms with Gasteiger partial charge in [0.2, 0.25) is 0 Å². The summed E-state index contributed by atoms with van der Waals surface area (Å²) in [6.07, 6.45) is 3.22. The fourth-order valence-corrected chi connectivity index (χ4v) is 4.54. The average Bonchev–Trinajstić information content (AvgIpc) is 2.83. The van der Waals surface area contributed by atoms with Gasteiger partial charge in [0.05, 0.1) is 6.20 Å². The van der Waals surface area contributed by atoms with E-state index in [0.717, 1.165) is 6.42 Å². The second-order valence-corrected chi connectivity index (χ2v) is 7.54. The van der Waals surface area contributed by atoms with E-state index >= 15 is 0 Å². The van der Waals surface area contributed by atoms with Gasteiger partial charge in [-0.05, 0) is 25.2 Å². The summed E-state index contributed by atoms with van der Waals surface area (Å²) < 4.78 is 27.0. The molecule has 1 fully saturated rings. The van der Waals surface area contributed by atoms with Crippen LogP contribution in [0.3, 0.4) is 0 Å². The number of aryl methyl sites for hydroxylation is 1. The van der Waals surface area contributed by atoms with Gasteiger partial charge in [0.25, 0.3) is 10.0 Å². The first-order chi connectivity index (χ1) is 8.86. The number of aromatic amines is 1. The minimum Gasteiger partial charge on any atom is -0.332 e. The van der Waals surface area contributed by atoms with Gasteiger partial charge in [-0.3, -0.25) is 0 Å². The normalized spacial score (nSPS) is 29.6. The van der Waals surface area contributed by atoms with Gasteiger partial charge < -0.3 is 4.98 Å². The van der Waals surface area contributed by atoms with Crippen LogP contribution in [-0.2, 0) is 16.4 Å². The SMILES string of the molecule is CCc1ncc(S(=O)(=O)N2CC(C)CC(C)C2C)[nH]1. The van der Waals surface area contributed by atoms with E-state index in [-0.39, 0.29) is 11.1 Å². The molecule has 6 heteroatoms. The second-order valence-electron chi connectivity index (χ2n) is 5.68. The van der Waals surface area contributed by atoms with Gasteiger partial charge >= 0.3 is 0 Å². The first kappa shape index (κ1) is 14.5. The highest BCUT2D eigenvalue weighted by atomic mass is 32.2. The van der Waals surface area contributed by atoms with Gasteiger partial charge in [-0.1, -0.05) is 20.8 Å². The molecular formula is C13H23N3O2S. The summed E-state index contributed by atoms with van der Waals surface area (Å²) in [7, 11) is -3.45. The molecule has 108 valence electrons. The molecule has 0 spiro atoms. The van der Waals surface area contributed by atoms with E-state index < -0.39 is 10.0 Å². The van der Waals surface area contributed by atoms with Gasteiger partial charge in [-0.2, -0.15) is 4.31 Å². The van der Waals surface area contributed by atoms with Crippen molar-refractivity contribution in [3.05, 3.63) is 12.0 Å². The van der Waals surface area contributed by atoms with E-state index in [4.69, 9.17) is 0 Å². The molecule has 0 radical (unpaired) electrons. The third-order valence-electron chi connectivity index (χ3n) is 4.07. The molecule has 1 aromatic rings. The Hall–Kier alpha value is -0.880. The van der Waals surface area contributed by atoms with E-state index in [1.807, 2.05) is 13.8 Å². The van der Waals surface area contributed by atoms with E-state index in [1.165, 1.54) is 6.20 Å². The topological polar surface area (TPSA) is 66.1 Å². The number of piperidine rings is 1. The van der Waals surface area contributed by atoms with Crippen molar-refractivity contribution in [3.63, 3.8) is 0 Å². The van der Waals surface area contributed by atoms with Gasteiger partial charge in [0.1, 0.15) is 5.82 Å². The van der Waals surface area contributed by atoms with Crippen LogP contribution in [-0.4, -0.2) is 35.3 Å². The van der Waals surface area contributed by atoms with Crippen LogP contribution in [0.4, 0.5) is 0 Å². The summed E-state index contributed by atoms with van der Waals surface area (Å²) in [6.45, 7) is 8.75. The molecule has 0 bridgehead atoms. The molecule has 2 heterocycles. The number of hydrogen-bond acceptors (Lipinski definition) is 3. The zero-order valence-corrected chi connectivity index (χ0v) is 12.9. The van der Waals surface area contributed by atoms with Crippen molar-refractivity contribution in [2.24, 2.45) is 11.8 Å². The standard InChI is InChI=1S/C13H23N3O2S/c1-5-12-14-7-13(15-12)19(17,18)16-8-9(2)6-10(3)11(16)4/h7,9-11H,5-6,8H2,1-4H3,(H,14,15). The first-order valence-corrected chi connectivity index (χ1v) is 8.36. The number of H-pyrrole nitrogens is 1. The van der Waals surface area contributed by atoms with Crippen LogP contribution >= 0.6 is 0 Å². The molecule has 19 heavy (non-hydrogen) atoms. The summed E-state index contributed by atoms with van der Waals surface area (Å²) in [4.78, 5) is 7.01. The van der Waals surface area contributed by atoms with Crippen molar-refractivity contribution in [2.45, 2.75) is 51.6 Å². The van der Waals surface area contributed by atoms with E-state index in [1.54, 1.807) is 4.31 Å². The van der Waals surface area contributed by atoms with Crippen LogP contribution in [0.5, 0.6) is 0 Å². The molecule has 0 aliphatic carbocycles. The molecule has 0 saturated carbocycles. The molecule has 0 aromatic carbocycles. The Morgan fingerprint density at radius 2 is 2.11 bits per heavy atom. The third-order valence-corrected chi connectivity index (χ3v) is 5.93. The highest BCUT2D eigenvalue weighted by Gasteiger charge is 2.37. The minimum atomic E-state index is -3.45. The third kappa shape index (κ3) is 2.69. The van der Waals surface area contributed by atoms with Crippen molar-refractivity contribution in [2.75, 3.05) is 6.54 Å². The lowest BCUT2D eigenvalue weighted by molar-refractivity contribution is 0.157. The number of sulfonamides is 1. The lowest BCUT2D eigenvalue weighted by Crippen LogP contribution is -2.48. The van der Waals surface area contributed by atoms with E-state index in [9.17, 15) is 8.42 Å². The van der Waals surface area contributed by atoms with E-state index in [2.05, 4.69) is 23.8 Å².